The van der Waals surface area contributed by atoms with E-state index in [0.717, 1.165) is 11.1 Å². The van der Waals surface area contributed by atoms with Crippen molar-refractivity contribution >= 4 is 29.2 Å². The van der Waals surface area contributed by atoms with Crippen LogP contribution in [0.5, 0.6) is 0 Å². The number of anilines is 1. The maximum atomic E-state index is 12.1. The zero-order chi connectivity index (χ0) is 15.0. The van der Waals surface area contributed by atoms with Gasteiger partial charge < -0.3 is 10.0 Å². The van der Waals surface area contributed by atoms with Crippen molar-refractivity contribution in [1.82, 2.24) is 4.98 Å². The average Bonchev–Trinajstić information content (AvgIpc) is 2.76. The Morgan fingerprint density at radius 1 is 1.38 bits per heavy atom. The maximum Gasteiger partial charge on any atom is 0.335 e. The van der Waals surface area contributed by atoms with Crippen LogP contribution in [0.25, 0.3) is 0 Å². The molecular weight excluding hydrogens is 292 g/mol. The molecule has 21 heavy (non-hydrogen) atoms. The normalized spacial score (nSPS) is 13.4. The standard InChI is InChI=1S/C15H11ClN2O3/c16-12-7-17-4-3-11(12)8-18-13-5-10(15(20)21)2-1-9(13)6-14(18)19/h1-5,7H,6,8H2,(H,20,21). The van der Waals surface area contributed by atoms with Crippen molar-refractivity contribution in [1.29, 1.82) is 0 Å². The molecule has 1 amide bonds. The summed E-state index contributed by atoms with van der Waals surface area (Å²) in [7, 11) is 0. The highest BCUT2D eigenvalue weighted by molar-refractivity contribution is 6.31. The predicted octanol–water partition coefficient (Wildman–Crippen LogP) is 2.52. The van der Waals surface area contributed by atoms with Crippen LogP contribution in [0.15, 0.2) is 36.7 Å². The highest BCUT2D eigenvalue weighted by Crippen LogP contribution is 2.32. The second kappa shape index (κ2) is 5.18. The molecule has 106 valence electrons. The summed E-state index contributed by atoms with van der Waals surface area (Å²) < 4.78 is 0. The van der Waals surface area contributed by atoms with E-state index in [9.17, 15) is 9.59 Å². The smallest absolute Gasteiger partial charge is 0.335 e. The highest BCUT2D eigenvalue weighted by Gasteiger charge is 2.28. The van der Waals surface area contributed by atoms with Gasteiger partial charge in [0.15, 0.2) is 0 Å². The Morgan fingerprint density at radius 3 is 2.90 bits per heavy atom. The van der Waals surface area contributed by atoms with E-state index < -0.39 is 5.97 Å². The number of rotatable bonds is 3. The fraction of sp³-hybridized carbons (Fsp3) is 0.133. The van der Waals surface area contributed by atoms with Crippen molar-refractivity contribution in [3.05, 3.63) is 58.4 Å². The molecule has 0 atom stereocenters. The van der Waals surface area contributed by atoms with Crippen molar-refractivity contribution < 1.29 is 14.7 Å². The molecule has 0 bridgehead atoms. The molecule has 0 saturated heterocycles. The minimum absolute atomic E-state index is 0.0691. The quantitative estimate of drug-likeness (QED) is 0.946. The third-order valence-corrected chi connectivity index (χ3v) is 3.79. The molecule has 1 aromatic heterocycles. The van der Waals surface area contributed by atoms with Gasteiger partial charge in [-0.05, 0) is 29.3 Å². The third kappa shape index (κ3) is 2.48. The van der Waals surface area contributed by atoms with E-state index in [4.69, 9.17) is 16.7 Å². The van der Waals surface area contributed by atoms with E-state index in [1.165, 1.54) is 18.3 Å². The summed E-state index contributed by atoms with van der Waals surface area (Å²) in [5.74, 6) is -1.08. The minimum Gasteiger partial charge on any atom is -0.478 e. The Hall–Kier alpha value is -2.40. The topological polar surface area (TPSA) is 70.5 Å². The van der Waals surface area contributed by atoms with Gasteiger partial charge in [0.1, 0.15) is 0 Å². The number of carboxylic acids is 1. The lowest BCUT2D eigenvalue weighted by atomic mass is 10.1. The van der Waals surface area contributed by atoms with Gasteiger partial charge in [-0.2, -0.15) is 0 Å². The Labute approximate surface area is 125 Å². The molecule has 0 radical (unpaired) electrons. The van der Waals surface area contributed by atoms with Crippen LogP contribution in [-0.4, -0.2) is 22.0 Å². The molecule has 5 nitrogen and oxygen atoms in total. The summed E-state index contributed by atoms with van der Waals surface area (Å²) in [4.78, 5) is 28.7. The molecule has 3 rings (SSSR count). The van der Waals surface area contributed by atoms with Gasteiger partial charge in [0.25, 0.3) is 0 Å². The number of hydrogen-bond donors (Lipinski definition) is 1. The first-order valence-corrected chi connectivity index (χ1v) is 6.69. The first-order chi connectivity index (χ1) is 10.1. The summed E-state index contributed by atoms with van der Waals surface area (Å²) in [5, 5.41) is 9.55. The fourth-order valence-electron chi connectivity index (χ4n) is 2.37. The molecule has 0 spiro atoms. The monoisotopic (exact) mass is 302 g/mol. The average molecular weight is 303 g/mol. The molecule has 0 saturated carbocycles. The maximum absolute atomic E-state index is 12.1. The zero-order valence-electron chi connectivity index (χ0n) is 10.9. The first-order valence-electron chi connectivity index (χ1n) is 6.31. The van der Waals surface area contributed by atoms with Crippen LogP contribution in [0.1, 0.15) is 21.5 Å². The van der Waals surface area contributed by atoms with Crippen molar-refractivity contribution in [2.75, 3.05) is 4.90 Å². The molecule has 6 heteroatoms. The van der Waals surface area contributed by atoms with Crippen molar-refractivity contribution in [2.24, 2.45) is 0 Å². The van der Waals surface area contributed by atoms with Crippen molar-refractivity contribution in [3.63, 3.8) is 0 Å². The summed E-state index contributed by atoms with van der Waals surface area (Å²) in [5.41, 5.74) is 2.39. The number of nitrogens with zero attached hydrogens (tertiary/aromatic N) is 2. The van der Waals surface area contributed by atoms with Crippen LogP contribution in [0, 0.1) is 0 Å². The van der Waals surface area contributed by atoms with Crippen LogP contribution in [-0.2, 0) is 17.8 Å². The number of amides is 1. The number of benzene rings is 1. The molecule has 0 fully saturated rings. The Balaban J connectivity index is 1.98. The number of pyridine rings is 1. The van der Waals surface area contributed by atoms with Gasteiger partial charge in [-0.3, -0.25) is 9.78 Å². The van der Waals surface area contributed by atoms with Gasteiger partial charge in [-0.25, -0.2) is 4.79 Å². The first kappa shape index (κ1) is 13.6. The number of carbonyl (C=O) groups is 2. The number of aromatic carboxylic acids is 1. The van der Waals surface area contributed by atoms with Gasteiger partial charge in [0.05, 0.1) is 23.6 Å². The van der Waals surface area contributed by atoms with E-state index in [1.54, 1.807) is 23.2 Å². The summed E-state index contributed by atoms with van der Waals surface area (Å²) in [6.45, 7) is 0.302. The molecule has 0 aliphatic carbocycles. The van der Waals surface area contributed by atoms with Gasteiger partial charge in [0.2, 0.25) is 5.91 Å². The fourth-order valence-corrected chi connectivity index (χ4v) is 2.55. The Bertz CT molecular complexity index is 745. The Morgan fingerprint density at radius 2 is 2.19 bits per heavy atom. The van der Waals surface area contributed by atoms with Crippen LogP contribution < -0.4 is 4.90 Å². The van der Waals surface area contributed by atoms with Crippen LogP contribution in [0.2, 0.25) is 5.02 Å². The molecule has 1 aliphatic rings. The lowest BCUT2D eigenvalue weighted by Gasteiger charge is -2.18. The van der Waals surface area contributed by atoms with E-state index in [2.05, 4.69) is 4.98 Å². The van der Waals surface area contributed by atoms with Crippen molar-refractivity contribution in [3.8, 4) is 0 Å². The SMILES string of the molecule is O=C(O)c1ccc2c(c1)N(Cc1ccncc1Cl)C(=O)C2. The van der Waals surface area contributed by atoms with E-state index >= 15 is 0 Å². The number of aromatic nitrogens is 1. The predicted molar refractivity (Wildman–Crippen MR) is 77.5 cm³/mol. The molecule has 0 unspecified atom stereocenters. The van der Waals surface area contributed by atoms with Gasteiger partial charge >= 0.3 is 5.97 Å². The number of carboxylic acid groups (broad SMARTS) is 1. The van der Waals surface area contributed by atoms with Gasteiger partial charge in [0, 0.05) is 18.1 Å². The molecule has 1 N–H and O–H groups in total. The third-order valence-electron chi connectivity index (χ3n) is 3.45. The lowest BCUT2D eigenvalue weighted by Crippen LogP contribution is -2.26. The van der Waals surface area contributed by atoms with E-state index in [-0.39, 0.29) is 17.9 Å². The van der Waals surface area contributed by atoms with Crippen LogP contribution in [0.3, 0.4) is 0 Å². The zero-order valence-corrected chi connectivity index (χ0v) is 11.7. The van der Waals surface area contributed by atoms with Crippen molar-refractivity contribution in [2.45, 2.75) is 13.0 Å². The molecular formula is C15H11ClN2O3. The summed E-state index contributed by atoms with van der Waals surface area (Å²) in [6, 6.07) is 6.47. The summed E-state index contributed by atoms with van der Waals surface area (Å²) >= 11 is 6.06. The van der Waals surface area contributed by atoms with Gasteiger partial charge in [-0.15, -0.1) is 0 Å². The van der Waals surface area contributed by atoms with Crippen LogP contribution >= 0.6 is 11.6 Å². The second-order valence-electron chi connectivity index (χ2n) is 4.77. The molecule has 1 aliphatic heterocycles. The van der Waals surface area contributed by atoms with E-state index in [0.29, 0.717) is 17.3 Å². The van der Waals surface area contributed by atoms with Crippen LogP contribution in [0.4, 0.5) is 5.69 Å². The lowest BCUT2D eigenvalue weighted by molar-refractivity contribution is -0.117. The second-order valence-corrected chi connectivity index (χ2v) is 5.18. The largest absolute Gasteiger partial charge is 0.478 e. The summed E-state index contributed by atoms with van der Waals surface area (Å²) in [6.07, 6.45) is 3.40. The van der Waals surface area contributed by atoms with E-state index in [1.807, 2.05) is 0 Å². The number of carbonyl (C=O) groups excluding carboxylic acids is 1. The number of halogens is 1. The molecule has 1 aromatic carbocycles. The molecule has 2 heterocycles. The Kier molecular flexibility index (Phi) is 3.35. The van der Waals surface area contributed by atoms with Gasteiger partial charge in [-0.1, -0.05) is 17.7 Å². The number of hydrogen-bond acceptors (Lipinski definition) is 3. The molecule has 2 aromatic rings. The number of fused-ring (bicyclic) bond motifs is 1. The highest BCUT2D eigenvalue weighted by atomic mass is 35.5. The minimum atomic E-state index is -1.01.